The first-order valence-electron chi connectivity index (χ1n) is 8.37. The monoisotopic (exact) mass is 337 g/mol. The van der Waals surface area contributed by atoms with E-state index < -0.39 is 5.60 Å². The maximum Gasteiger partial charge on any atom is 0.191 e. The van der Waals surface area contributed by atoms with Crippen LogP contribution < -0.4 is 10.6 Å². The molecule has 1 heterocycles. The lowest BCUT2D eigenvalue weighted by Gasteiger charge is -2.59. The van der Waals surface area contributed by atoms with Crippen molar-refractivity contribution in [3.63, 3.8) is 0 Å². The second-order valence-electron chi connectivity index (χ2n) is 7.67. The molecule has 3 unspecified atom stereocenters. The van der Waals surface area contributed by atoms with E-state index in [4.69, 9.17) is 9.15 Å². The SMILES string of the molecule is CN=C(NCC(C)(O)c1ccc(C)o1)NC1CC(C)(OC)C1(C)C. The molecule has 3 N–H and O–H groups in total. The van der Waals surface area contributed by atoms with Gasteiger partial charge in [-0.25, -0.2) is 0 Å². The highest BCUT2D eigenvalue weighted by atomic mass is 16.5. The van der Waals surface area contributed by atoms with Crippen LogP contribution in [0.2, 0.25) is 0 Å². The Morgan fingerprint density at radius 2 is 2.12 bits per heavy atom. The van der Waals surface area contributed by atoms with E-state index in [0.29, 0.717) is 18.3 Å². The highest BCUT2D eigenvalue weighted by Crippen LogP contribution is 2.51. The molecule has 0 aromatic carbocycles. The molecule has 1 aromatic heterocycles. The molecule has 0 bridgehead atoms. The summed E-state index contributed by atoms with van der Waals surface area (Å²) in [6, 6.07) is 3.90. The molecule has 3 atom stereocenters. The van der Waals surface area contributed by atoms with Crippen molar-refractivity contribution in [2.75, 3.05) is 20.7 Å². The number of ether oxygens (including phenoxy) is 1. The fourth-order valence-corrected chi connectivity index (χ4v) is 3.15. The van der Waals surface area contributed by atoms with Crippen LogP contribution in [-0.2, 0) is 10.3 Å². The third-order valence-electron chi connectivity index (χ3n) is 5.68. The molecule has 1 aliphatic carbocycles. The zero-order valence-electron chi connectivity index (χ0n) is 15.9. The number of hydrogen-bond donors (Lipinski definition) is 3. The van der Waals surface area contributed by atoms with Crippen LogP contribution in [0.3, 0.4) is 0 Å². The van der Waals surface area contributed by atoms with Crippen molar-refractivity contribution in [1.29, 1.82) is 0 Å². The van der Waals surface area contributed by atoms with E-state index in [-0.39, 0.29) is 17.1 Å². The number of furan rings is 1. The molecule has 0 amide bonds. The molecule has 0 spiro atoms. The Morgan fingerprint density at radius 1 is 1.46 bits per heavy atom. The molecule has 24 heavy (non-hydrogen) atoms. The fourth-order valence-electron chi connectivity index (χ4n) is 3.15. The molecule has 0 radical (unpaired) electrons. The molecule has 1 fully saturated rings. The molecule has 6 nitrogen and oxygen atoms in total. The molecule has 0 aliphatic heterocycles. The second kappa shape index (κ2) is 6.41. The van der Waals surface area contributed by atoms with E-state index in [1.54, 1.807) is 27.1 Å². The van der Waals surface area contributed by atoms with Gasteiger partial charge >= 0.3 is 0 Å². The van der Waals surface area contributed by atoms with Crippen molar-refractivity contribution in [3.8, 4) is 0 Å². The largest absolute Gasteiger partial charge is 0.463 e. The first kappa shape index (κ1) is 18.8. The van der Waals surface area contributed by atoms with Gasteiger partial charge in [0, 0.05) is 25.6 Å². The van der Waals surface area contributed by atoms with Gasteiger partial charge in [-0.1, -0.05) is 13.8 Å². The highest BCUT2D eigenvalue weighted by Gasteiger charge is 2.58. The van der Waals surface area contributed by atoms with E-state index in [2.05, 4.69) is 36.4 Å². The number of nitrogens with one attached hydrogen (secondary N) is 2. The number of methoxy groups -OCH3 is 1. The summed E-state index contributed by atoms with van der Waals surface area (Å²) >= 11 is 0. The van der Waals surface area contributed by atoms with Gasteiger partial charge in [-0.05, 0) is 39.3 Å². The van der Waals surface area contributed by atoms with E-state index in [1.165, 1.54) is 0 Å². The Bertz CT molecular complexity index is 606. The lowest BCUT2D eigenvalue weighted by molar-refractivity contribution is -0.176. The van der Waals surface area contributed by atoms with Gasteiger partial charge in [-0.2, -0.15) is 0 Å². The van der Waals surface area contributed by atoms with Gasteiger partial charge in [0.05, 0.1) is 12.1 Å². The number of guanidine groups is 1. The molecule has 0 saturated heterocycles. The Balaban J connectivity index is 1.95. The summed E-state index contributed by atoms with van der Waals surface area (Å²) in [5.74, 6) is 1.98. The summed E-state index contributed by atoms with van der Waals surface area (Å²) in [5.41, 5.74) is -1.26. The smallest absolute Gasteiger partial charge is 0.191 e. The van der Waals surface area contributed by atoms with Gasteiger partial charge in [-0.15, -0.1) is 0 Å². The number of aliphatic imine (C=N–C) groups is 1. The number of rotatable bonds is 5. The standard InChI is InChI=1S/C18H31N3O3/c1-12-8-9-14(24-12)17(4,22)11-20-15(19-6)21-13-10-18(5,23-7)16(13,2)3/h8-9,13,22H,10-11H2,1-7H3,(H2,19,20,21). The van der Waals surface area contributed by atoms with Crippen molar-refractivity contribution in [2.24, 2.45) is 10.4 Å². The molecule has 1 aliphatic rings. The normalized spacial score (nSPS) is 28.8. The zero-order chi connectivity index (χ0) is 18.2. The molecule has 6 heteroatoms. The average Bonchev–Trinajstić information content (AvgIpc) is 2.97. The predicted molar refractivity (Wildman–Crippen MR) is 95.1 cm³/mol. The Morgan fingerprint density at radius 3 is 2.58 bits per heavy atom. The summed E-state index contributed by atoms with van der Waals surface area (Å²) in [5, 5.41) is 17.2. The van der Waals surface area contributed by atoms with Crippen LogP contribution >= 0.6 is 0 Å². The fraction of sp³-hybridized carbons (Fsp3) is 0.722. The Labute approximate surface area is 144 Å². The molecular formula is C18H31N3O3. The minimum Gasteiger partial charge on any atom is -0.463 e. The van der Waals surface area contributed by atoms with Crippen LogP contribution in [0.25, 0.3) is 0 Å². The number of hydrogen-bond acceptors (Lipinski definition) is 4. The summed E-state index contributed by atoms with van der Waals surface area (Å²) in [4.78, 5) is 4.26. The maximum absolute atomic E-state index is 10.6. The topological polar surface area (TPSA) is 79.0 Å². The van der Waals surface area contributed by atoms with E-state index in [9.17, 15) is 5.11 Å². The van der Waals surface area contributed by atoms with Crippen LogP contribution in [0, 0.1) is 12.3 Å². The van der Waals surface area contributed by atoms with Crippen LogP contribution in [0.15, 0.2) is 21.5 Å². The summed E-state index contributed by atoms with van der Waals surface area (Å²) in [7, 11) is 3.48. The van der Waals surface area contributed by atoms with Crippen LogP contribution in [0.4, 0.5) is 0 Å². The third-order valence-corrected chi connectivity index (χ3v) is 5.68. The third kappa shape index (κ3) is 3.30. The van der Waals surface area contributed by atoms with Crippen LogP contribution in [-0.4, -0.2) is 43.4 Å². The molecular weight excluding hydrogens is 306 g/mol. The quantitative estimate of drug-likeness (QED) is 0.567. The highest BCUT2D eigenvalue weighted by molar-refractivity contribution is 5.80. The van der Waals surface area contributed by atoms with Gasteiger partial charge in [0.1, 0.15) is 17.1 Å². The van der Waals surface area contributed by atoms with Gasteiger partial charge < -0.3 is 24.9 Å². The maximum atomic E-state index is 10.6. The Kier molecular flexibility index (Phi) is 5.02. The first-order chi connectivity index (χ1) is 11.1. The van der Waals surface area contributed by atoms with Crippen molar-refractivity contribution in [2.45, 2.75) is 58.3 Å². The van der Waals surface area contributed by atoms with E-state index in [1.807, 2.05) is 13.0 Å². The summed E-state index contributed by atoms with van der Waals surface area (Å²) in [6.07, 6.45) is 0.908. The lowest BCUT2D eigenvalue weighted by atomic mass is 9.56. The molecule has 136 valence electrons. The first-order valence-corrected chi connectivity index (χ1v) is 8.37. The minimum absolute atomic E-state index is 0.0139. The van der Waals surface area contributed by atoms with Crippen LogP contribution in [0.5, 0.6) is 0 Å². The average molecular weight is 337 g/mol. The van der Waals surface area contributed by atoms with Crippen LogP contribution in [0.1, 0.15) is 45.6 Å². The Hall–Kier alpha value is -1.53. The van der Waals surface area contributed by atoms with Crippen molar-refractivity contribution in [1.82, 2.24) is 10.6 Å². The van der Waals surface area contributed by atoms with Gasteiger partial charge in [0.25, 0.3) is 0 Å². The summed E-state index contributed by atoms with van der Waals surface area (Å²) in [6.45, 7) is 10.4. The van der Waals surface area contributed by atoms with E-state index in [0.717, 1.165) is 12.2 Å². The second-order valence-corrected chi connectivity index (χ2v) is 7.67. The number of nitrogens with zero attached hydrogens (tertiary/aromatic N) is 1. The van der Waals surface area contributed by atoms with Gasteiger partial charge in [0.2, 0.25) is 0 Å². The van der Waals surface area contributed by atoms with Crippen molar-refractivity contribution < 1.29 is 14.3 Å². The molecule has 2 rings (SSSR count). The molecule has 1 saturated carbocycles. The van der Waals surface area contributed by atoms with Crippen molar-refractivity contribution in [3.05, 3.63) is 23.7 Å². The lowest BCUT2D eigenvalue weighted by Crippen LogP contribution is -2.69. The zero-order valence-corrected chi connectivity index (χ0v) is 15.9. The van der Waals surface area contributed by atoms with Crippen molar-refractivity contribution >= 4 is 5.96 Å². The number of aryl methyl sites for hydroxylation is 1. The summed E-state index contributed by atoms with van der Waals surface area (Å²) < 4.78 is 11.2. The predicted octanol–water partition coefficient (Wildman–Crippen LogP) is 2.16. The number of aliphatic hydroxyl groups is 1. The van der Waals surface area contributed by atoms with Gasteiger partial charge in [-0.3, -0.25) is 4.99 Å². The van der Waals surface area contributed by atoms with E-state index >= 15 is 0 Å². The van der Waals surface area contributed by atoms with Gasteiger partial charge in [0.15, 0.2) is 5.96 Å². The minimum atomic E-state index is -1.11. The molecule has 1 aromatic rings.